The summed E-state index contributed by atoms with van der Waals surface area (Å²) < 4.78 is 17.0. The van der Waals surface area contributed by atoms with Crippen LogP contribution in [-0.4, -0.2) is 52.7 Å². The molecule has 1 amide bonds. The predicted octanol–water partition coefficient (Wildman–Crippen LogP) is 7.25. The van der Waals surface area contributed by atoms with E-state index >= 15 is 0 Å². The first kappa shape index (κ1) is 40.9. The predicted molar refractivity (Wildman–Crippen MR) is 199 cm³/mol. The largest absolute Gasteiger partial charge is 0.460 e. The summed E-state index contributed by atoms with van der Waals surface area (Å²) in [4.78, 5) is 53.9. The van der Waals surface area contributed by atoms with Crippen molar-refractivity contribution in [3.63, 3.8) is 0 Å². The maximum atomic E-state index is 14.1. The Hall–Kier alpha value is -4.50. The number of hydrogen-bond acceptors (Lipinski definition) is 8. The summed E-state index contributed by atoms with van der Waals surface area (Å²) in [6.07, 6.45) is -0.0943. The molecular formula is C42H56N2O7. The summed E-state index contributed by atoms with van der Waals surface area (Å²) in [5.74, 6) is -2.93. The number of nitrogens with one attached hydrogen (secondary N) is 2. The van der Waals surface area contributed by atoms with E-state index in [4.69, 9.17) is 14.2 Å². The highest BCUT2D eigenvalue weighted by atomic mass is 16.6. The van der Waals surface area contributed by atoms with Crippen LogP contribution in [0.2, 0.25) is 0 Å². The molecule has 0 aromatic heterocycles. The third kappa shape index (κ3) is 12.6. The molecule has 3 aromatic carbocycles. The Bertz CT molecular complexity index is 1490. The quantitative estimate of drug-likeness (QED) is 0.103. The van der Waals surface area contributed by atoms with E-state index < -0.39 is 64.2 Å². The minimum atomic E-state index is -1.11. The van der Waals surface area contributed by atoms with Gasteiger partial charge in [-0.2, -0.15) is 0 Å². The standard InChI is InChI=1S/C42H56N2O7/c1-29(36(46)43-33(37(47)50-40(5,6)7)26-27-35(45)49-39(2,3)4)28-34(38(48)51-41(8,9)10)44-42(30-20-14-11-15-21-30,31-22-16-12-17-23-31)32-24-18-13-19-25-32/h11-25,29,33-34,44H,26-28H2,1-10H3,(H,43,46)/t29-,33+,34+/m1/s1. The summed E-state index contributed by atoms with van der Waals surface area (Å²) in [6.45, 7) is 17.6. The van der Waals surface area contributed by atoms with Crippen molar-refractivity contribution in [2.75, 3.05) is 0 Å². The zero-order valence-corrected chi connectivity index (χ0v) is 31.9. The highest BCUT2D eigenvalue weighted by Gasteiger charge is 2.42. The van der Waals surface area contributed by atoms with Crippen LogP contribution in [0.15, 0.2) is 91.0 Å². The smallest absolute Gasteiger partial charge is 0.329 e. The molecule has 9 nitrogen and oxygen atoms in total. The monoisotopic (exact) mass is 700 g/mol. The van der Waals surface area contributed by atoms with E-state index in [1.54, 1.807) is 69.2 Å². The molecule has 0 spiro atoms. The van der Waals surface area contributed by atoms with Gasteiger partial charge in [-0.05, 0) is 91.8 Å². The van der Waals surface area contributed by atoms with Gasteiger partial charge >= 0.3 is 17.9 Å². The van der Waals surface area contributed by atoms with Crippen molar-refractivity contribution in [3.8, 4) is 0 Å². The van der Waals surface area contributed by atoms with E-state index in [2.05, 4.69) is 10.6 Å². The zero-order valence-electron chi connectivity index (χ0n) is 31.9. The molecule has 9 heteroatoms. The summed E-state index contributed by atoms with van der Waals surface area (Å²) in [5.41, 5.74) is -0.678. The van der Waals surface area contributed by atoms with Gasteiger partial charge in [0.25, 0.3) is 0 Å². The fourth-order valence-corrected chi connectivity index (χ4v) is 5.71. The molecule has 3 aromatic rings. The van der Waals surface area contributed by atoms with Crippen molar-refractivity contribution in [2.45, 2.75) is 123 Å². The number of carbonyl (C=O) groups excluding carboxylic acids is 4. The molecule has 2 N–H and O–H groups in total. The van der Waals surface area contributed by atoms with Gasteiger partial charge in [0.2, 0.25) is 5.91 Å². The molecule has 0 fully saturated rings. The van der Waals surface area contributed by atoms with E-state index in [0.717, 1.165) is 16.7 Å². The first-order chi connectivity index (χ1) is 23.7. The van der Waals surface area contributed by atoms with Gasteiger partial charge in [0.1, 0.15) is 28.9 Å². The molecular weight excluding hydrogens is 644 g/mol. The highest BCUT2D eigenvalue weighted by Crippen LogP contribution is 2.38. The molecule has 0 radical (unpaired) electrons. The van der Waals surface area contributed by atoms with Crippen LogP contribution in [0.4, 0.5) is 0 Å². The van der Waals surface area contributed by atoms with Crippen molar-refractivity contribution in [1.29, 1.82) is 0 Å². The Morgan fingerprint density at radius 2 is 0.941 bits per heavy atom. The second kappa shape index (κ2) is 17.1. The van der Waals surface area contributed by atoms with Crippen LogP contribution >= 0.6 is 0 Å². The van der Waals surface area contributed by atoms with E-state index in [-0.39, 0.29) is 19.3 Å². The van der Waals surface area contributed by atoms with Crippen molar-refractivity contribution in [2.24, 2.45) is 5.92 Å². The molecule has 0 aliphatic rings. The molecule has 0 heterocycles. The highest BCUT2D eigenvalue weighted by molar-refractivity contribution is 5.87. The normalized spacial score (nSPS) is 14.1. The number of rotatable bonds is 14. The Kier molecular flexibility index (Phi) is 13.8. The van der Waals surface area contributed by atoms with Crippen LogP contribution in [0.3, 0.4) is 0 Å². The van der Waals surface area contributed by atoms with E-state index in [1.807, 2.05) is 91.0 Å². The van der Waals surface area contributed by atoms with Crippen molar-refractivity contribution >= 4 is 23.8 Å². The van der Waals surface area contributed by atoms with Gasteiger partial charge < -0.3 is 19.5 Å². The summed E-state index contributed by atoms with van der Waals surface area (Å²) in [6, 6.07) is 27.4. The van der Waals surface area contributed by atoms with Gasteiger partial charge in [-0.3, -0.25) is 19.7 Å². The van der Waals surface area contributed by atoms with Crippen LogP contribution in [0.25, 0.3) is 0 Å². The lowest BCUT2D eigenvalue weighted by Crippen LogP contribution is -2.55. The number of carbonyl (C=O) groups is 4. The van der Waals surface area contributed by atoms with E-state index in [1.165, 1.54) is 0 Å². The fraction of sp³-hybridized carbons (Fsp3) is 0.476. The fourth-order valence-electron chi connectivity index (χ4n) is 5.71. The number of amides is 1. The third-order valence-corrected chi connectivity index (χ3v) is 7.80. The molecule has 3 atom stereocenters. The van der Waals surface area contributed by atoms with Gasteiger partial charge in [0.05, 0.1) is 5.54 Å². The van der Waals surface area contributed by atoms with Crippen LogP contribution < -0.4 is 10.6 Å². The lowest BCUT2D eigenvalue weighted by molar-refractivity contribution is -0.161. The first-order valence-electron chi connectivity index (χ1n) is 17.6. The van der Waals surface area contributed by atoms with Gasteiger partial charge in [-0.15, -0.1) is 0 Å². The van der Waals surface area contributed by atoms with Crippen molar-refractivity contribution in [3.05, 3.63) is 108 Å². The Balaban J connectivity index is 2.02. The van der Waals surface area contributed by atoms with Crippen LogP contribution in [0, 0.1) is 5.92 Å². The Morgan fingerprint density at radius 3 is 1.31 bits per heavy atom. The molecule has 3 rings (SSSR count). The number of esters is 3. The first-order valence-corrected chi connectivity index (χ1v) is 17.6. The molecule has 0 aliphatic heterocycles. The maximum absolute atomic E-state index is 14.1. The topological polar surface area (TPSA) is 120 Å². The Morgan fingerprint density at radius 1 is 0.569 bits per heavy atom. The molecule has 51 heavy (non-hydrogen) atoms. The second-order valence-corrected chi connectivity index (χ2v) is 15.9. The summed E-state index contributed by atoms with van der Waals surface area (Å²) in [7, 11) is 0. The minimum Gasteiger partial charge on any atom is -0.460 e. The summed E-state index contributed by atoms with van der Waals surface area (Å²) in [5, 5.41) is 6.49. The average molecular weight is 701 g/mol. The number of ether oxygens (including phenoxy) is 3. The van der Waals surface area contributed by atoms with Gasteiger partial charge in [0, 0.05) is 12.3 Å². The van der Waals surface area contributed by atoms with Crippen molar-refractivity contribution < 1.29 is 33.4 Å². The molecule has 0 aliphatic carbocycles. The lowest BCUT2D eigenvalue weighted by Gasteiger charge is -2.40. The van der Waals surface area contributed by atoms with Gasteiger partial charge in [-0.1, -0.05) is 97.9 Å². The number of benzene rings is 3. The third-order valence-electron chi connectivity index (χ3n) is 7.80. The zero-order chi connectivity index (χ0) is 38.0. The number of hydrogen-bond donors (Lipinski definition) is 2. The summed E-state index contributed by atoms with van der Waals surface area (Å²) >= 11 is 0. The lowest BCUT2D eigenvalue weighted by atomic mass is 9.76. The minimum absolute atomic E-state index is 0.0187. The molecule has 0 saturated carbocycles. The molecule has 0 bridgehead atoms. The Labute approximate surface area is 303 Å². The molecule has 0 saturated heterocycles. The van der Waals surface area contributed by atoms with Gasteiger partial charge in [0.15, 0.2) is 0 Å². The van der Waals surface area contributed by atoms with Crippen LogP contribution in [0.5, 0.6) is 0 Å². The maximum Gasteiger partial charge on any atom is 0.329 e. The SMILES string of the molecule is C[C@H](C[C@H](NC(c1ccccc1)(c1ccccc1)c1ccccc1)C(=O)OC(C)(C)C)C(=O)N[C@@H](CCC(=O)OC(C)(C)C)C(=O)OC(C)(C)C. The van der Waals surface area contributed by atoms with Gasteiger partial charge in [-0.25, -0.2) is 4.79 Å². The van der Waals surface area contributed by atoms with Crippen molar-refractivity contribution in [1.82, 2.24) is 10.6 Å². The average Bonchev–Trinajstić information content (AvgIpc) is 3.03. The molecule has 276 valence electrons. The van der Waals surface area contributed by atoms with Crippen LogP contribution in [-0.2, 0) is 38.9 Å². The van der Waals surface area contributed by atoms with E-state index in [9.17, 15) is 19.2 Å². The second-order valence-electron chi connectivity index (χ2n) is 15.9. The van der Waals surface area contributed by atoms with E-state index in [0.29, 0.717) is 0 Å². The molecule has 0 unspecified atom stereocenters. The van der Waals surface area contributed by atoms with Crippen LogP contribution in [0.1, 0.15) is 105 Å².